The molecule has 0 radical (unpaired) electrons. The number of aromatic nitrogens is 2. The molecule has 1 saturated carbocycles. The lowest BCUT2D eigenvalue weighted by molar-refractivity contribution is -0.148. The lowest BCUT2D eigenvalue weighted by atomic mass is 9.97. The van der Waals surface area contributed by atoms with E-state index in [4.69, 9.17) is 4.74 Å². The van der Waals surface area contributed by atoms with Crippen LogP contribution < -0.4 is 5.32 Å². The van der Waals surface area contributed by atoms with E-state index >= 15 is 0 Å². The average molecular weight is 329 g/mol. The Morgan fingerprint density at radius 1 is 1.57 bits per heavy atom. The Bertz CT molecular complexity index is 481. The first kappa shape index (κ1) is 16.7. The maximum absolute atomic E-state index is 12.2. The van der Waals surface area contributed by atoms with Gasteiger partial charge in [0.25, 0.3) is 0 Å². The standard InChI is InChI=1S/C14H23N3O2S2/c1-4-8-15-14(12(18)19-3)7-6-10(9-14)20-13-16-11(5-2)17-21-13/h10,15H,4-9H2,1-3H3. The van der Waals surface area contributed by atoms with E-state index in [2.05, 4.69) is 28.5 Å². The molecule has 0 amide bonds. The van der Waals surface area contributed by atoms with Gasteiger partial charge in [-0.15, -0.1) is 0 Å². The van der Waals surface area contributed by atoms with Crippen molar-refractivity contribution < 1.29 is 9.53 Å². The zero-order valence-corrected chi connectivity index (χ0v) is 14.5. The monoisotopic (exact) mass is 329 g/mol. The van der Waals surface area contributed by atoms with Crippen molar-refractivity contribution in [3.8, 4) is 0 Å². The number of aryl methyl sites for hydroxylation is 1. The van der Waals surface area contributed by atoms with Crippen LogP contribution in [-0.4, -0.2) is 39.8 Å². The fourth-order valence-electron chi connectivity index (χ4n) is 2.65. The highest BCUT2D eigenvalue weighted by Crippen LogP contribution is 2.41. The van der Waals surface area contributed by atoms with Gasteiger partial charge in [-0.05, 0) is 43.8 Å². The van der Waals surface area contributed by atoms with E-state index in [0.29, 0.717) is 5.25 Å². The van der Waals surface area contributed by atoms with Gasteiger partial charge in [0.15, 0.2) is 4.34 Å². The average Bonchev–Trinajstić information content (AvgIpc) is 3.12. The summed E-state index contributed by atoms with van der Waals surface area (Å²) in [5.41, 5.74) is -0.513. The lowest BCUT2D eigenvalue weighted by Gasteiger charge is -2.27. The van der Waals surface area contributed by atoms with Crippen LogP contribution in [0.2, 0.25) is 0 Å². The van der Waals surface area contributed by atoms with Crippen molar-refractivity contribution in [1.29, 1.82) is 0 Å². The lowest BCUT2D eigenvalue weighted by Crippen LogP contribution is -2.51. The second-order valence-corrected chi connectivity index (χ2v) is 7.61. The third kappa shape index (κ3) is 3.96. The van der Waals surface area contributed by atoms with Crippen molar-refractivity contribution in [2.45, 2.75) is 61.1 Å². The number of carbonyl (C=O) groups is 1. The number of ether oxygens (including phenoxy) is 1. The predicted octanol–water partition coefficient (Wildman–Crippen LogP) is 2.66. The number of nitrogens with zero attached hydrogens (tertiary/aromatic N) is 2. The fourth-order valence-corrected chi connectivity index (χ4v) is 4.89. The molecule has 118 valence electrons. The summed E-state index contributed by atoms with van der Waals surface area (Å²) in [6.45, 7) is 5.00. The van der Waals surface area contributed by atoms with Gasteiger partial charge in [0.05, 0.1) is 7.11 Å². The van der Waals surface area contributed by atoms with Crippen LogP contribution in [0.15, 0.2) is 4.34 Å². The summed E-state index contributed by atoms with van der Waals surface area (Å²) in [6, 6.07) is 0. The van der Waals surface area contributed by atoms with E-state index in [1.54, 1.807) is 11.8 Å². The third-order valence-electron chi connectivity index (χ3n) is 3.79. The Balaban J connectivity index is 2.00. The highest BCUT2D eigenvalue weighted by molar-refractivity contribution is 8.01. The Kier molecular flexibility index (Phi) is 6.01. The molecular formula is C14H23N3O2S2. The first-order chi connectivity index (χ1) is 10.1. The van der Waals surface area contributed by atoms with Gasteiger partial charge >= 0.3 is 5.97 Å². The molecule has 2 rings (SSSR count). The number of methoxy groups -OCH3 is 1. The van der Waals surface area contributed by atoms with E-state index < -0.39 is 5.54 Å². The number of carbonyl (C=O) groups excluding carboxylic acids is 1. The topological polar surface area (TPSA) is 64.1 Å². The number of hydrogen-bond acceptors (Lipinski definition) is 7. The number of nitrogens with one attached hydrogen (secondary N) is 1. The molecule has 1 fully saturated rings. The van der Waals surface area contributed by atoms with Crippen molar-refractivity contribution in [2.75, 3.05) is 13.7 Å². The van der Waals surface area contributed by atoms with Crippen LogP contribution in [0.3, 0.4) is 0 Å². The smallest absolute Gasteiger partial charge is 0.326 e. The van der Waals surface area contributed by atoms with Crippen LogP contribution in [0.1, 0.15) is 45.4 Å². The first-order valence-corrected chi connectivity index (χ1v) is 9.11. The molecule has 1 N–H and O–H groups in total. The summed E-state index contributed by atoms with van der Waals surface area (Å²) < 4.78 is 10.3. The van der Waals surface area contributed by atoms with Gasteiger partial charge < -0.3 is 10.1 Å². The van der Waals surface area contributed by atoms with E-state index in [9.17, 15) is 4.79 Å². The molecule has 5 nitrogen and oxygen atoms in total. The third-order valence-corrected chi connectivity index (χ3v) is 5.88. The van der Waals surface area contributed by atoms with Crippen molar-refractivity contribution in [2.24, 2.45) is 0 Å². The van der Waals surface area contributed by atoms with Gasteiger partial charge in [0, 0.05) is 11.7 Å². The maximum Gasteiger partial charge on any atom is 0.326 e. The zero-order valence-electron chi connectivity index (χ0n) is 12.8. The quantitative estimate of drug-likeness (QED) is 0.776. The molecule has 21 heavy (non-hydrogen) atoms. The van der Waals surface area contributed by atoms with E-state index in [-0.39, 0.29) is 5.97 Å². The van der Waals surface area contributed by atoms with Gasteiger partial charge in [-0.1, -0.05) is 25.6 Å². The van der Waals surface area contributed by atoms with E-state index in [1.165, 1.54) is 18.6 Å². The van der Waals surface area contributed by atoms with E-state index in [1.807, 2.05) is 0 Å². The van der Waals surface area contributed by atoms with Crippen LogP contribution in [0.25, 0.3) is 0 Å². The highest BCUT2D eigenvalue weighted by Gasteiger charge is 2.46. The normalized spacial score (nSPS) is 25.2. The summed E-state index contributed by atoms with van der Waals surface area (Å²) in [4.78, 5) is 16.7. The first-order valence-electron chi connectivity index (χ1n) is 7.46. The zero-order chi connectivity index (χ0) is 15.3. The number of rotatable bonds is 7. The fraction of sp³-hybridized carbons (Fsp3) is 0.786. The van der Waals surface area contributed by atoms with Crippen LogP contribution in [-0.2, 0) is 16.0 Å². The molecular weight excluding hydrogens is 306 g/mol. The van der Waals surface area contributed by atoms with E-state index in [0.717, 1.165) is 48.8 Å². The molecule has 7 heteroatoms. The van der Waals surface area contributed by atoms with Gasteiger partial charge in [-0.25, -0.2) is 4.98 Å². The van der Waals surface area contributed by atoms with Crippen molar-refractivity contribution in [1.82, 2.24) is 14.7 Å². The molecule has 0 spiro atoms. The molecule has 0 aromatic carbocycles. The van der Waals surface area contributed by atoms with Crippen LogP contribution in [0, 0.1) is 0 Å². The summed E-state index contributed by atoms with van der Waals surface area (Å²) in [7, 11) is 1.47. The Labute approximate surface area is 134 Å². The number of esters is 1. The summed E-state index contributed by atoms with van der Waals surface area (Å²) in [6.07, 6.45) is 4.50. The second kappa shape index (κ2) is 7.56. The number of thioether (sulfide) groups is 1. The van der Waals surface area contributed by atoms with Gasteiger partial charge in [0.1, 0.15) is 11.4 Å². The minimum atomic E-state index is -0.513. The van der Waals surface area contributed by atoms with Crippen molar-refractivity contribution in [3.05, 3.63) is 5.82 Å². The SMILES string of the molecule is CCCNC1(C(=O)OC)CCC(Sc2nc(CC)ns2)C1. The molecule has 1 aliphatic carbocycles. The highest BCUT2D eigenvalue weighted by atomic mass is 32.2. The van der Waals surface area contributed by atoms with Gasteiger partial charge in [-0.2, -0.15) is 4.37 Å². The molecule has 2 atom stereocenters. The Hall–Kier alpha value is -0.660. The molecule has 0 bridgehead atoms. The summed E-state index contributed by atoms with van der Waals surface area (Å²) in [5, 5.41) is 3.80. The van der Waals surface area contributed by atoms with Gasteiger partial charge in [0.2, 0.25) is 0 Å². The van der Waals surface area contributed by atoms with Gasteiger partial charge in [-0.3, -0.25) is 4.79 Å². The summed E-state index contributed by atoms with van der Waals surface area (Å²) >= 11 is 3.21. The van der Waals surface area contributed by atoms with Crippen LogP contribution in [0.5, 0.6) is 0 Å². The van der Waals surface area contributed by atoms with Crippen molar-refractivity contribution in [3.63, 3.8) is 0 Å². The molecule has 2 unspecified atom stereocenters. The maximum atomic E-state index is 12.2. The summed E-state index contributed by atoms with van der Waals surface area (Å²) in [5.74, 6) is 0.773. The molecule has 1 aromatic heterocycles. The molecule has 0 aliphatic heterocycles. The number of hydrogen-bond donors (Lipinski definition) is 1. The molecule has 1 aromatic rings. The second-order valence-electron chi connectivity index (χ2n) is 5.31. The minimum absolute atomic E-state index is 0.134. The van der Waals surface area contributed by atoms with Crippen LogP contribution in [0.4, 0.5) is 0 Å². The Morgan fingerprint density at radius 2 is 2.38 bits per heavy atom. The molecule has 1 aliphatic rings. The van der Waals surface area contributed by atoms with Crippen LogP contribution >= 0.6 is 23.3 Å². The molecule has 0 saturated heterocycles. The molecule has 1 heterocycles. The van der Waals surface area contributed by atoms with Crippen molar-refractivity contribution >= 4 is 29.3 Å². The minimum Gasteiger partial charge on any atom is -0.468 e. The Morgan fingerprint density at radius 3 is 3.00 bits per heavy atom. The predicted molar refractivity (Wildman–Crippen MR) is 85.8 cm³/mol. The largest absolute Gasteiger partial charge is 0.468 e.